The fraction of sp³-hybridized carbons (Fsp3) is 0.556. The number of piperidine rings is 1. The van der Waals surface area contributed by atoms with Crippen molar-refractivity contribution in [2.45, 2.75) is 26.2 Å². The smallest absolute Gasteiger partial charge is 0.228 e. The first-order valence-corrected chi connectivity index (χ1v) is 9.38. The molecule has 0 saturated carbocycles. The van der Waals surface area contributed by atoms with E-state index in [2.05, 4.69) is 16.9 Å². The molecule has 3 heterocycles. The lowest BCUT2D eigenvalue weighted by atomic mass is 9.98. The van der Waals surface area contributed by atoms with Crippen LogP contribution >= 0.6 is 11.3 Å². The van der Waals surface area contributed by atoms with Crippen LogP contribution in [0.4, 0.5) is 0 Å². The Hall–Kier alpha value is -1.66. The summed E-state index contributed by atoms with van der Waals surface area (Å²) in [6, 6.07) is 1.98. The van der Waals surface area contributed by atoms with Gasteiger partial charge in [0, 0.05) is 31.1 Å². The molecule has 1 atom stereocenters. The topological polar surface area (TPSA) is 49.6 Å². The van der Waals surface area contributed by atoms with E-state index in [-0.39, 0.29) is 5.91 Å². The summed E-state index contributed by atoms with van der Waals surface area (Å²) in [5.74, 6) is 2.01. The summed E-state index contributed by atoms with van der Waals surface area (Å²) in [7, 11) is 4.05. The highest BCUT2D eigenvalue weighted by atomic mass is 32.1. The molecule has 0 spiro atoms. The molecule has 0 radical (unpaired) electrons. The zero-order valence-electron chi connectivity index (χ0n) is 14.6. The van der Waals surface area contributed by atoms with Crippen molar-refractivity contribution in [3.05, 3.63) is 28.3 Å². The molecule has 1 amide bonds. The SMILES string of the molecule is Cc1oc(-c2ccsc2)nc1CC(=O)N(C)C[C@@H]1CCCN(C)C1. The molecule has 130 valence electrons. The molecule has 2 aromatic rings. The molecule has 1 aliphatic heterocycles. The number of hydrogen-bond donors (Lipinski definition) is 0. The maximum atomic E-state index is 12.5. The average Bonchev–Trinajstić information content (AvgIpc) is 3.17. The lowest BCUT2D eigenvalue weighted by molar-refractivity contribution is -0.130. The van der Waals surface area contributed by atoms with Crippen molar-refractivity contribution in [2.75, 3.05) is 33.7 Å². The second kappa shape index (κ2) is 7.49. The van der Waals surface area contributed by atoms with Crippen molar-refractivity contribution in [2.24, 2.45) is 5.92 Å². The molecular formula is C18H25N3O2S. The van der Waals surface area contributed by atoms with E-state index in [9.17, 15) is 4.79 Å². The third-order valence-corrected chi connectivity index (χ3v) is 5.34. The molecule has 0 aliphatic carbocycles. The number of carbonyl (C=O) groups is 1. The fourth-order valence-corrected chi connectivity index (χ4v) is 3.92. The third-order valence-electron chi connectivity index (χ3n) is 4.66. The van der Waals surface area contributed by atoms with Crippen LogP contribution in [0.5, 0.6) is 0 Å². The molecule has 24 heavy (non-hydrogen) atoms. The molecule has 1 aliphatic rings. The highest BCUT2D eigenvalue weighted by Gasteiger charge is 2.22. The summed E-state index contributed by atoms with van der Waals surface area (Å²) in [4.78, 5) is 21.3. The van der Waals surface area contributed by atoms with Gasteiger partial charge in [-0.3, -0.25) is 4.79 Å². The minimum absolute atomic E-state index is 0.108. The molecule has 2 aromatic heterocycles. The summed E-state index contributed by atoms with van der Waals surface area (Å²) in [5, 5.41) is 4.00. The minimum Gasteiger partial charge on any atom is -0.441 e. The van der Waals surface area contributed by atoms with Crippen LogP contribution in [0.2, 0.25) is 0 Å². The van der Waals surface area contributed by atoms with Gasteiger partial charge in [0.1, 0.15) is 5.76 Å². The fourth-order valence-electron chi connectivity index (χ4n) is 3.29. The maximum Gasteiger partial charge on any atom is 0.228 e. The van der Waals surface area contributed by atoms with Crippen molar-refractivity contribution in [3.63, 3.8) is 0 Å². The van der Waals surface area contributed by atoms with Crippen molar-refractivity contribution < 1.29 is 9.21 Å². The average molecular weight is 347 g/mol. The van der Waals surface area contributed by atoms with Crippen LogP contribution in [0.1, 0.15) is 24.3 Å². The largest absolute Gasteiger partial charge is 0.441 e. The number of nitrogens with zero attached hydrogens (tertiary/aromatic N) is 3. The number of thiophene rings is 1. The molecule has 6 heteroatoms. The molecule has 3 rings (SSSR count). The highest BCUT2D eigenvalue weighted by Crippen LogP contribution is 2.24. The van der Waals surface area contributed by atoms with E-state index in [1.54, 1.807) is 11.3 Å². The molecule has 0 aromatic carbocycles. The lowest BCUT2D eigenvalue weighted by Gasteiger charge is -2.32. The second-order valence-corrected chi connectivity index (χ2v) is 7.54. The predicted octanol–water partition coefficient (Wildman–Crippen LogP) is 3.05. The number of rotatable bonds is 5. The normalized spacial score (nSPS) is 18.7. The summed E-state index contributed by atoms with van der Waals surface area (Å²) < 4.78 is 5.72. The molecule has 0 N–H and O–H groups in total. The Kier molecular flexibility index (Phi) is 5.36. The summed E-state index contributed by atoms with van der Waals surface area (Å²) in [6.45, 7) is 4.93. The van der Waals surface area contributed by atoms with Gasteiger partial charge >= 0.3 is 0 Å². The number of aromatic nitrogens is 1. The number of hydrogen-bond acceptors (Lipinski definition) is 5. The minimum atomic E-state index is 0.108. The van der Waals surface area contributed by atoms with Gasteiger partial charge in [-0.2, -0.15) is 11.3 Å². The van der Waals surface area contributed by atoms with Crippen molar-refractivity contribution in [3.8, 4) is 11.5 Å². The number of oxazole rings is 1. The first-order valence-electron chi connectivity index (χ1n) is 8.44. The maximum absolute atomic E-state index is 12.5. The Balaban J connectivity index is 1.60. The number of carbonyl (C=O) groups excluding carboxylic acids is 1. The summed E-state index contributed by atoms with van der Waals surface area (Å²) in [6.07, 6.45) is 2.72. The van der Waals surface area contributed by atoms with E-state index in [0.717, 1.165) is 36.7 Å². The standard InChI is InChI=1S/C18H25N3O2S/c1-13-16(19-18(23-13)15-6-8-24-12-15)9-17(22)21(3)11-14-5-4-7-20(2)10-14/h6,8,12,14H,4-5,7,9-11H2,1-3H3/t14-/m1/s1. The molecule has 1 fully saturated rings. The van der Waals surface area contributed by atoms with E-state index in [0.29, 0.717) is 18.2 Å². The number of likely N-dealkylation sites (N-methyl/N-ethyl adjacent to an activating group) is 1. The Morgan fingerprint density at radius 2 is 2.38 bits per heavy atom. The summed E-state index contributed by atoms with van der Waals surface area (Å²) in [5.41, 5.74) is 1.72. The van der Waals surface area contributed by atoms with Crippen LogP contribution in [0.25, 0.3) is 11.5 Å². The molecule has 5 nitrogen and oxygen atoms in total. The van der Waals surface area contributed by atoms with Crippen LogP contribution < -0.4 is 0 Å². The van der Waals surface area contributed by atoms with Gasteiger partial charge in [0.2, 0.25) is 11.8 Å². The number of amides is 1. The van der Waals surface area contributed by atoms with Gasteiger partial charge in [0.15, 0.2) is 0 Å². The lowest BCUT2D eigenvalue weighted by Crippen LogP contribution is -2.40. The highest BCUT2D eigenvalue weighted by molar-refractivity contribution is 7.08. The van der Waals surface area contributed by atoms with Gasteiger partial charge in [0.25, 0.3) is 0 Å². The van der Waals surface area contributed by atoms with Gasteiger partial charge in [0.05, 0.1) is 12.1 Å². The Bertz CT molecular complexity index is 681. The van der Waals surface area contributed by atoms with Crippen molar-refractivity contribution in [1.82, 2.24) is 14.8 Å². The van der Waals surface area contributed by atoms with Crippen LogP contribution in [0, 0.1) is 12.8 Å². The zero-order valence-corrected chi connectivity index (χ0v) is 15.4. The first-order chi connectivity index (χ1) is 11.5. The molecule has 0 unspecified atom stereocenters. The third kappa shape index (κ3) is 4.05. The quantitative estimate of drug-likeness (QED) is 0.834. The molecule has 1 saturated heterocycles. The Labute approximate surface area is 147 Å². The van der Waals surface area contributed by atoms with Crippen molar-refractivity contribution >= 4 is 17.2 Å². The zero-order chi connectivity index (χ0) is 17.1. The van der Waals surface area contributed by atoms with E-state index < -0.39 is 0 Å². The Morgan fingerprint density at radius 1 is 1.54 bits per heavy atom. The monoisotopic (exact) mass is 347 g/mol. The predicted molar refractivity (Wildman–Crippen MR) is 96.1 cm³/mol. The van der Waals surface area contributed by atoms with Gasteiger partial charge in [-0.05, 0) is 50.7 Å². The van der Waals surface area contributed by atoms with Gasteiger partial charge in [-0.1, -0.05) is 0 Å². The molecule has 0 bridgehead atoms. The van der Waals surface area contributed by atoms with Crippen LogP contribution in [-0.4, -0.2) is 54.4 Å². The van der Waals surface area contributed by atoms with Gasteiger partial charge in [-0.25, -0.2) is 4.98 Å². The van der Waals surface area contributed by atoms with Crippen molar-refractivity contribution in [1.29, 1.82) is 0 Å². The van der Waals surface area contributed by atoms with E-state index in [4.69, 9.17) is 4.42 Å². The Morgan fingerprint density at radius 3 is 3.08 bits per heavy atom. The van der Waals surface area contributed by atoms with Gasteiger partial charge in [-0.15, -0.1) is 0 Å². The van der Waals surface area contributed by atoms with E-state index in [1.807, 2.05) is 35.7 Å². The van der Waals surface area contributed by atoms with Crippen LogP contribution in [-0.2, 0) is 11.2 Å². The van der Waals surface area contributed by atoms with Crippen LogP contribution in [0.15, 0.2) is 21.2 Å². The van der Waals surface area contributed by atoms with E-state index >= 15 is 0 Å². The van der Waals surface area contributed by atoms with Gasteiger partial charge < -0.3 is 14.2 Å². The first kappa shape index (κ1) is 17.2. The summed E-state index contributed by atoms with van der Waals surface area (Å²) >= 11 is 1.61. The van der Waals surface area contributed by atoms with Crippen LogP contribution in [0.3, 0.4) is 0 Å². The second-order valence-electron chi connectivity index (χ2n) is 6.76. The molecular weight excluding hydrogens is 322 g/mol. The van der Waals surface area contributed by atoms with E-state index in [1.165, 1.54) is 12.8 Å². The number of likely N-dealkylation sites (tertiary alicyclic amines) is 1. The number of aryl methyl sites for hydroxylation is 1.